The Balaban J connectivity index is 1.63. The van der Waals surface area contributed by atoms with Crippen molar-refractivity contribution in [3.8, 4) is 0 Å². The molecule has 7 nitrogen and oxygen atoms in total. The topological polar surface area (TPSA) is 142 Å². The second-order valence-electron chi connectivity index (χ2n) is 13.2. The first kappa shape index (κ1) is 26.8. The summed E-state index contributed by atoms with van der Waals surface area (Å²) in [5, 5.41) is 76.6. The van der Waals surface area contributed by atoms with Crippen LogP contribution in [0.5, 0.6) is 0 Å². The number of aliphatic hydroxyl groups is 7. The summed E-state index contributed by atoms with van der Waals surface area (Å²) in [6.45, 7) is 8.44. The van der Waals surface area contributed by atoms with Crippen molar-refractivity contribution in [3.63, 3.8) is 0 Å². The molecule has 4 saturated carbocycles. The molecule has 34 heavy (non-hydrogen) atoms. The van der Waals surface area contributed by atoms with E-state index >= 15 is 0 Å². The van der Waals surface area contributed by atoms with Crippen LogP contribution in [0.4, 0.5) is 0 Å². The summed E-state index contributed by atoms with van der Waals surface area (Å²) in [7, 11) is 0. The van der Waals surface area contributed by atoms with E-state index in [0.717, 1.165) is 25.7 Å². The average Bonchev–Trinajstić information content (AvgIpc) is 2.96. The van der Waals surface area contributed by atoms with Gasteiger partial charge < -0.3 is 35.7 Å². The molecule has 0 heterocycles. The molecule has 14 atom stereocenters. The van der Waals surface area contributed by atoms with Crippen molar-refractivity contribution in [2.24, 2.45) is 46.3 Å². The normalized spacial score (nSPS) is 54.6. The number of aliphatic hydroxyl groups excluding tert-OH is 6. The second-order valence-corrected chi connectivity index (χ2v) is 13.2. The van der Waals surface area contributed by atoms with Gasteiger partial charge in [0.1, 0.15) is 0 Å². The van der Waals surface area contributed by atoms with E-state index in [1.54, 1.807) is 0 Å². The fourth-order valence-electron chi connectivity index (χ4n) is 9.69. The summed E-state index contributed by atoms with van der Waals surface area (Å²) >= 11 is 0. The van der Waals surface area contributed by atoms with Gasteiger partial charge in [0.25, 0.3) is 0 Å². The van der Waals surface area contributed by atoms with Gasteiger partial charge in [0.05, 0.1) is 36.1 Å². The minimum atomic E-state index is -1.35. The van der Waals surface area contributed by atoms with Crippen molar-refractivity contribution in [2.45, 2.75) is 115 Å². The van der Waals surface area contributed by atoms with Gasteiger partial charge in [0, 0.05) is 24.9 Å². The van der Waals surface area contributed by atoms with Crippen molar-refractivity contribution in [1.82, 2.24) is 0 Å². The summed E-state index contributed by atoms with van der Waals surface area (Å²) < 4.78 is 0. The minimum Gasteiger partial charge on any atom is -0.396 e. The van der Waals surface area contributed by atoms with Crippen LogP contribution in [0.1, 0.15) is 79.1 Å². The molecule has 0 spiro atoms. The Bertz CT molecular complexity index is 734. The lowest BCUT2D eigenvalue weighted by Gasteiger charge is -2.66. The van der Waals surface area contributed by atoms with Crippen molar-refractivity contribution < 1.29 is 35.7 Å². The van der Waals surface area contributed by atoms with Crippen molar-refractivity contribution in [3.05, 3.63) is 0 Å². The van der Waals surface area contributed by atoms with E-state index in [9.17, 15) is 35.7 Å². The minimum absolute atomic E-state index is 0.0425. The molecule has 0 saturated heterocycles. The van der Waals surface area contributed by atoms with Gasteiger partial charge in [0.2, 0.25) is 0 Å². The third-order valence-electron chi connectivity index (χ3n) is 11.2. The van der Waals surface area contributed by atoms with Gasteiger partial charge in [-0.25, -0.2) is 0 Å². The zero-order chi connectivity index (χ0) is 25.2. The molecule has 0 radical (unpaired) electrons. The zero-order valence-corrected chi connectivity index (χ0v) is 21.3. The smallest absolute Gasteiger partial charge is 0.0863 e. The molecule has 7 N–H and O–H groups in total. The van der Waals surface area contributed by atoms with Gasteiger partial charge in [-0.2, -0.15) is 0 Å². The molecule has 198 valence electrons. The highest BCUT2D eigenvalue weighted by molar-refractivity contribution is 5.22. The average molecular weight is 485 g/mol. The molecular formula is C27H48O7. The van der Waals surface area contributed by atoms with Crippen molar-refractivity contribution >= 4 is 0 Å². The summed E-state index contributed by atoms with van der Waals surface area (Å²) in [4.78, 5) is 0. The highest BCUT2D eigenvalue weighted by atomic mass is 16.3. The Kier molecular flexibility index (Phi) is 7.27. The third-order valence-corrected chi connectivity index (χ3v) is 11.2. The van der Waals surface area contributed by atoms with Crippen LogP contribution in [0.2, 0.25) is 0 Å². The predicted octanol–water partition coefficient (Wildman–Crippen LogP) is 1.44. The molecule has 0 aromatic carbocycles. The van der Waals surface area contributed by atoms with E-state index in [1.165, 1.54) is 0 Å². The predicted molar refractivity (Wildman–Crippen MR) is 128 cm³/mol. The lowest BCUT2D eigenvalue weighted by Crippen LogP contribution is -2.71. The van der Waals surface area contributed by atoms with Gasteiger partial charge in [0.15, 0.2) is 0 Å². The van der Waals surface area contributed by atoms with Crippen LogP contribution in [-0.4, -0.2) is 78.5 Å². The monoisotopic (exact) mass is 484 g/mol. The van der Waals surface area contributed by atoms with Gasteiger partial charge >= 0.3 is 0 Å². The molecule has 4 aliphatic rings. The second kappa shape index (κ2) is 9.23. The van der Waals surface area contributed by atoms with Crippen LogP contribution >= 0.6 is 0 Å². The summed E-state index contributed by atoms with van der Waals surface area (Å²) in [6.07, 6.45) is 0.372. The summed E-state index contributed by atoms with van der Waals surface area (Å²) in [5.41, 5.74) is -2.37. The van der Waals surface area contributed by atoms with E-state index < -0.39 is 58.8 Å². The van der Waals surface area contributed by atoms with Crippen LogP contribution in [0, 0.1) is 46.3 Å². The molecule has 0 aromatic rings. The van der Waals surface area contributed by atoms with Gasteiger partial charge in [-0.15, -0.1) is 0 Å². The van der Waals surface area contributed by atoms with Crippen molar-refractivity contribution in [2.75, 3.05) is 6.61 Å². The maximum Gasteiger partial charge on any atom is 0.0863 e. The van der Waals surface area contributed by atoms with E-state index in [4.69, 9.17) is 0 Å². The molecule has 0 bridgehead atoms. The SMILES string of the molecule is CC(CO)CCC[C@@H](C)[C@H]1[C@@H](O)[C@H](O)[C@@H]2[C@]1(C)CC[C@@H]1[C@@]3(C)CC[C@H](O)[C@H](O)[C@@H]3[C@@H](O)C[C@]12O. The van der Waals surface area contributed by atoms with Crippen LogP contribution < -0.4 is 0 Å². The van der Waals surface area contributed by atoms with Crippen LogP contribution in [-0.2, 0) is 0 Å². The molecular weight excluding hydrogens is 436 g/mol. The molecule has 4 rings (SSSR count). The Labute approximate surface area is 204 Å². The highest BCUT2D eigenvalue weighted by Gasteiger charge is 2.73. The zero-order valence-electron chi connectivity index (χ0n) is 21.3. The summed E-state index contributed by atoms with van der Waals surface area (Å²) in [6, 6.07) is 0. The Morgan fingerprint density at radius 1 is 0.824 bits per heavy atom. The molecule has 0 amide bonds. The Morgan fingerprint density at radius 3 is 2.12 bits per heavy atom. The van der Waals surface area contributed by atoms with Crippen LogP contribution in [0.3, 0.4) is 0 Å². The van der Waals surface area contributed by atoms with Gasteiger partial charge in [-0.3, -0.25) is 0 Å². The molecule has 0 aromatic heterocycles. The first-order valence-corrected chi connectivity index (χ1v) is 13.6. The van der Waals surface area contributed by atoms with E-state index in [0.29, 0.717) is 19.3 Å². The molecule has 1 unspecified atom stereocenters. The largest absolute Gasteiger partial charge is 0.396 e. The Hall–Kier alpha value is -0.280. The summed E-state index contributed by atoms with van der Waals surface area (Å²) in [5.74, 6) is -1.08. The fourth-order valence-corrected chi connectivity index (χ4v) is 9.69. The fraction of sp³-hybridized carbons (Fsp3) is 1.00. The maximum atomic E-state index is 12.3. The van der Waals surface area contributed by atoms with Crippen LogP contribution in [0.25, 0.3) is 0 Å². The van der Waals surface area contributed by atoms with Crippen LogP contribution in [0.15, 0.2) is 0 Å². The quantitative estimate of drug-likeness (QED) is 0.302. The molecule has 4 aliphatic carbocycles. The molecule has 4 fully saturated rings. The lowest BCUT2D eigenvalue weighted by atomic mass is 9.41. The number of hydrogen-bond acceptors (Lipinski definition) is 7. The number of rotatable bonds is 6. The number of fused-ring (bicyclic) bond motifs is 5. The van der Waals surface area contributed by atoms with Crippen molar-refractivity contribution in [1.29, 1.82) is 0 Å². The first-order valence-electron chi connectivity index (χ1n) is 13.6. The molecule has 7 heteroatoms. The standard InChI is InChI=1S/C27H48O7/c1-14(13-28)6-5-7-15(2)19-22(32)23(33)24-26(19,4)11-9-18-25(3)10-8-16(29)21(31)20(25)17(30)12-27(18,24)34/h14-24,28-34H,5-13H2,1-4H3/t14?,15-,16+,17+,18-,19+,20+,21+,22-,23+,24-,25-,26-,27+/m1/s1. The highest BCUT2D eigenvalue weighted by Crippen LogP contribution is 2.69. The van der Waals surface area contributed by atoms with E-state index in [1.807, 2.05) is 13.8 Å². The molecule has 0 aliphatic heterocycles. The van der Waals surface area contributed by atoms with E-state index in [-0.39, 0.29) is 36.7 Å². The van der Waals surface area contributed by atoms with Gasteiger partial charge in [-0.1, -0.05) is 40.5 Å². The third kappa shape index (κ3) is 3.80. The number of hydrogen-bond donors (Lipinski definition) is 7. The van der Waals surface area contributed by atoms with Gasteiger partial charge in [-0.05, 0) is 66.6 Å². The maximum absolute atomic E-state index is 12.3. The Morgan fingerprint density at radius 2 is 1.47 bits per heavy atom. The lowest BCUT2D eigenvalue weighted by molar-refractivity contribution is -0.280. The first-order chi connectivity index (χ1) is 15.8. The van der Waals surface area contributed by atoms with E-state index in [2.05, 4.69) is 13.8 Å².